The van der Waals surface area contributed by atoms with E-state index in [-0.39, 0.29) is 37.0 Å². The lowest BCUT2D eigenvalue weighted by Crippen LogP contribution is -2.52. The number of carbonyl (C=O) groups is 3. The van der Waals surface area contributed by atoms with Gasteiger partial charge in [-0.3, -0.25) is 4.79 Å². The largest absolute Gasteiger partial charge is 0.448 e. The molecule has 9 nitrogen and oxygen atoms in total. The van der Waals surface area contributed by atoms with Gasteiger partial charge in [-0.2, -0.15) is 0 Å². The van der Waals surface area contributed by atoms with Gasteiger partial charge >= 0.3 is 12.2 Å². The van der Waals surface area contributed by atoms with Crippen LogP contribution < -0.4 is 5.32 Å². The van der Waals surface area contributed by atoms with Crippen LogP contribution in [-0.4, -0.2) is 104 Å². The summed E-state index contributed by atoms with van der Waals surface area (Å²) >= 11 is 0. The number of carbonyl (C=O) groups excluding carboxylic acids is 3. The van der Waals surface area contributed by atoms with E-state index in [9.17, 15) is 14.4 Å². The molecular weight excluding hydrogens is 532 g/mol. The molecule has 0 radical (unpaired) electrons. The maximum atomic E-state index is 13.2. The summed E-state index contributed by atoms with van der Waals surface area (Å²) in [7, 11) is 6.37. The number of benzene rings is 2. The van der Waals surface area contributed by atoms with Crippen molar-refractivity contribution in [1.29, 1.82) is 0 Å². The van der Waals surface area contributed by atoms with Crippen molar-refractivity contribution in [3.8, 4) is 11.1 Å². The van der Waals surface area contributed by atoms with Gasteiger partial charge in [-0.1, -0.05) is 48.5 Å². The van der Waals surface area contributed by atoms with Crippen molar-refractivity contribution >= 4 is 18.1 Å². The molecular formula is C33H47N4O5+. The zero-order valence-electron chi connectivity index (χ0n) is 26.0. The molecule has 1 heterocycles. The first kappa shape index (κ1) is 31.3. The van der Waals surface area contributed by atoms with Crippen LogP contribution in [0, 0.1) is 0 Å². The van der Waals surface area contributed by atoms with Gasteiger partial charge in [-0.05, 0) is 55.9 Å². The molecule has 0 saturated carbocycles. The highest BCUT2D eigenvalue weighted by molar-refractivity contribution is 5.80. The molecule has 0 bridgehead atoms. The van der Waals surface area contributed by atoms with Crippen molar-refractivity contribution < 1.29 is 28.3 Å². The second kappa shape index (κ2) is 13.2. The molecule has 1 aliphatic carbocycles. The number of fused-ring (bicyclic) bond motifs is 3. The number of rotatable bonds is 9. The molecule has 0 aromatic heterocycles. The lowest BCUT2D eigenvalue weighted by Gasteiger charge is -2.35. The number of alkyl carbamates (subject to hydrolysis) is 1. The average molecular weight is 580 g/mol. The predicted octanol–water partition coefficient (Wildman–Crippen LogP) is 4.85. The number of ether oxygens (including phenoxy) is 2. The van der Waals surface area contributed by atoms with Gasteiger partial charge in [0.2, 0.25) is 5.91 Å². The van der Waals surface area contributed by atoms with Crippen LogP contribution in [0.5, 0.6) is 0 Å². The molecule has 1 N–H and O–H groups in total. The number of hydrogen-bond donors (Lipinski definition) is 1. The van der Waals surface area contributed by atoms with Gasteiger partial charge in [-0.15, -0.1) is 0 Å². The molecule has 1 saturated heterocycles. The number of piperazine rings is 1. The standard InChI is InChI=1S/C33H46N4O5/c1-33(2,3)42-31(39)34-24(12-11-21-37(4,5)6)22-30(38)35-17-19-36(20-18-35)32(40)41-23-29-27-15-9-7-13-25(27)26-14-8-10-16-28(26)29/h7-10,13-16,24,29H,11-12,17-23H2,1-6H3/p+1/t24-/m0/s1. The molecule has 42 heavy (non-hydrogen) atoms. The Morgan fingerprint density at radius 2 is 1.45 bits per heavy atom. The fourth-order valence-corrected chi connectivity index (χ4v) is 5.68. The summed E-state index contributed by atoms with van der Waals surface area (Å²) in [5.74, 6) is -0.0239. The van der Waals surface area contributed by atoms with Gasteiger partial charge in [0, 0.05) is 44.6 Å². The van der Waals surface area contributed by atoms with E-state index in [4.69, 9.17) is 9.47 Å². The number of hydrogen-bond acceptors (Lipinski definition) is 5. The van der Waals surface area contributed by atoms with Crippen LogP contribution in [0.3, 0.4) is 0 Å². The Morgan fingerprint density at radius 3 is 2.00 bits per heavy atom. The van der Waals surface area contributed by atoms with Crippen molar-refractivity contribution in [2.24, 2.45) is 0 Å². The summed E-state index contributed by atoms with van der Waals surface area (Å²) in [6.45, 7) is 8.35. The van der Waals surface area contributed by atoms with Gasteiger partial charge < -0.3 is 29.1 Å². The van der Waals surface area contributed by atoms with Crippen LogP contribution >= 0.6 is 0 Å². The Bertz CT molecular complexity index is 1210. The number of amides is 3. The monoisotopic (exact) mass is 579 g/mol. The maximum absolute atomic E-state index is 13.2. The molecule has 1 aliphatic heterocycles. The van der Waals surface area contributed by atoms with E-state index >= 15 is 0 Å². The number of nitrogens with one attached hydrogen (secondary N) is 1. The van der Waals surface area contributed by atoms with Gasteiger partial charge in [0.05, 0.1) is 27.7 Å². The van der Waals surface area contributed by atoms with Gasteiger partial charge in [0.25, 0.3) is 0 Å². The minimum atomic E-state index is -0.615. The quantitative estimate of drug-likeness (QED) is 0.429. The second-order valence-corrected chi connectivity index (χ2v) is 13.4. The summed E-state index contributed by atoms with van der Waals surface area (Å²) < 4.78 is 12.1. The van der Waals surface area contributed by atoms with Crippen molar-refractivity contribution in [2.45, 2.75) is 57.6 Å². The Morgan fingerprint density at radius 1 is 0.905 bits per heavy atom. The summed E-state index contributed by atoms with van der Waals surface area (Å²) in [6.07, 6.45) is 0.883. The first-order valence-corrected chi connectivity index (χ1v) is 15.0. The van der Waals surface area contributed by atoms with Crippen molar-refractivity contribution in [2.75, 3.05) is 60.5 Å². The average Bonchev–Trinajstić information content (AvgIpc) is 3.23. The molecule has 3 amide bonds. The normalized spacial score (nSPS) is 16.0. The minimum Gasteiger partial charge on any atom is -0.448 e. The third-order valence-corrected chi connectivity index (χ3v) is 7.75. The summed E-state index contributed by atoms with van der Waals surface area (Å²) in [4.78, 5) is 42.2. The summed E-state index contributed by atoms with van der Waals surface area (Å²) in [5.41, 5.74) is 4.13. The van der Waals surface area contributed by atoms with E-state index in [2.05, 4.69) is 50.7 Å². The lowest BCUT2D eigenvalue weighted by atomic mass is 9.98. The van der Waals surface area contributed by atoms with Crippen molar-refractivity contribution in [1.82, 2.24) is 15.1 Å². The van der Waals surface area contributed by atoms with E-state index in [0.717, 1.165) is 17.4 Å². The zero-order chi connectivity index (χ0) is 30.5. The molecule has 2 aromatic rings. The van der Waals surface area contributed by atoms with Crippen LogP contribution in [0.1, 0.15) is 57.1 Å². The first-order valence-electron chi connectivity index (χ1n) is 15.0. The van der Waals surface area contributed by atoms with Gasteiger partial charge in [0.1, 0.15) is 12.2 Å². The zero-order valence-corrected chi connectivity index (χ0v) is 26.0. The molecule has 0 spiro atoms. The molecule has 2 aromatic carbocycles. The van der Waals surface area contributed by atoms with Crippen LogP contribution in [0.2, 0.25) is 0 Å². The molecule has 0 unspecified atom stereocenters. The molecule has 228 valence electrons. The Kier molecular flexibility index (Phi) is 9.82. The first-order chi connectivity index (χ1) is 19.8. The van der Waals surface area contributed by atoms with E-state index in [1.165, 1.54) is 22.3 Å². The predicted molar refractivity (Wildman–Crippen MR) is 163 cm³/mol. The molecule has 1 fully saturated rings. The highest BCUT2D eigenvalue weighted by atomic mass is 16.6. The molecule has 9 heteroatoms. The Balaban J connectivity index is 1.28. The number of nitrogens with zero attached hydrogens (tertiary/aromatic N) is 3. The smallest absolute Gasteiger partial charge is 0.409 e. The maximum Gasteiger partial charge on any atom is 0.409 e. The fourth-order valence-electron chi connectivity index (χ4n) is 5.68. The minimum absolute atomic E-state index is 0.00991. The van der Waals surface area contributed by atoms with Crippen LogP contribution in [0.25, 0.3) is 11.1 Å². The van der Waals surface area contributed by atoms with E-state index in [0.29, 0.717) is 32.6 Å². The fraction of sp³-hybridized carbons (Fsp3) is 0.545. The molecule has 4 rings (SSSR count). The van der Waals surface area contributed by atoms with E-state index < -0.39 is 11.7 Å². The van der Waals surface area contributed by atoms with Crippen LogP contribution in [-0.2, 0) is 14.3 Å². The van der Waals surface area contributed by atoms with Gasteiger partial charge in [-0.25, -0.2) is 9.59 Å². The Hall–Kier alpha value is -3.59. The van der Waals surface area contributed by atoms with Gasteiger partial charge in [0.15, 0.2) is 0 Å². The lowest BCUT2D eigenvalue weighted by molar-refractivity contribution is -0.870. The summed E-state index contributed by atoms with van der Waals surface area (Å²) in [6, 6.07) is 16.2. The summed E-state index contributed by atoms with van der Waals surface area (Å²) in [5, 5.41) is 2.91. The molecule has 2 aliphatic rings. The van der Waals surface area contributed by atoms with E-state index in [1.54, 1.807) is 9.80 Å². The third-order valence-electron chi connectivity index (χ3n) is 7.75. The highest BCUT2D eigenvalue weighted by Gasteiger charge is 2.31. The van der Waals surface area contributed by atoms with Crippen molar-refractivity contribution in [3.63, 3.8) is 0 Å². The molecule has 1 atom stereocenters. The Labute approximate surface area is 250 Å². The topological polar surface area (TPSA) is 88.2 Å². The second-order valence-electron chi connectivity index (χ2n) is 13.4. The van der Waals surface area contributed by atoms with E-state index in [1.807, 2.05) is 45.0 Å². The SMILES string of the molecule is CC(C)(C)OC(=O)N[C@@H](CCC[N+](C)(C)C)CC(=O)N1CCN(C(=O)OCC2c3ccccc3-c3ccccc32)CC1. The highest BCUT2D eigenvalue weighted by Crippen LogP contribution is 2.44. The third kappa shape index (κ3) is 8.47. The van der Waals surface area contributed by atoms with Crippen LogP contribution in [0.15, 0.2) is 48.5 Å². The van der Waals surface area contributed by atoms with Crippen molar-refractivity contribution in [3.05, 3.63) is 59.7 Å². The van der Waals surface area contributed by atoms with Crippen LogP contribution in [0.4, 0.5) is 9.59 Å². The number of quaternary nitrogens is 1.